The molecule has 0 aliphatic carbocycles. The number of methoxy groups -OCH3 is 2. The van der Waals surface area contributed by atoms with Crippen LogP contribution in [-0.2, 0) is 14.3 Å². The van der Waals surface area contributed by atoms with Crippen molar-refractivity contribution in [2.45, 2.75) is 13.3 Å². The Morgan fingerprint density at radius 1 is 1.24 bits per heavy atom. The summed E-state index contributed by atoms with van der Waals surface area (Å²) in [6.07, 6.45) is 0.0836. The highest BCUT2D eigenvalue weighted by Crippen LogP contribution is 2.12. The van der Waals surface area contributed by atoms with E-state index in [1.807, 2.05) is 0 Å². The maximum Gasteiger partial charge on any atom is 0.307 e. The highest BCUT2D eigenvalue weighted by Gasteiger charge is 2.18. The number of aryl methyl sites for hydroxylation is 1. The summed E-state index contributed by atoms with van der Waals surface area (Å²) in [5, 5.41) is 0. The number of nitrogens with zero attached hydrogens (tertiary/aromatic N) is 1. The van der Waals surface area contributed by atoms with Crippen molar-refractivity contribution in [2.75, 3.05) is 33.9 Å². The minimum Gasteiger partial charge on any atom is -0.469 e. The first kappa shape index (κ1) is 17.1. The van der Waals surface area contributed by atoms with Crippen molar-refractivity contribution in [1.82, 2.24) is 4.90 Å². The molecule has 0 N–H and O–H groups in total. The molecule has 0 spiro atoms. The van der Waals surface area contributed by atoms with Gasteiger partial charge in [-0.05, 0) is 24.6 Å². The van der Waals surface area contributed by atoms with E-state index in [9.17, 15) is 14.0 Å². The fraction of sp³-hybridized carbons (Fsp3) is 0.467. The third-order valence-corrected chi connectivity index (χ3v) is 3.08. The molecule has 6 heteroatoms. The van der Waals surface area contributed by atoms with Gasteiger partial charge in [-0.1, -0.05) is 6.07 Å². The molecular weight excluding hydrogens is 277 g/mol. The number of esters is 1. The van der Waals surface area contributed by atoms with Gasteiger partial charge in [0.1, 0.15) is 5.82 Å². The molecule has 0 unspecified atom stereocenters. The van der Waals surface area contributed by atoms with E-state index in [-0.39, 0.29) is 24.4 Å². The maximum atomic E-state index is 13.6. The Balaban J connectivity index is 2.82. The van der Waals surface area contributed by atoms with Crippen molar-refractivity contribution < 1.29 is 23.5 Å². The second-order valence-corrected chi connectivity index (χ2v) is 4.58. The summed E-state index contributed by atoms with van der Waals surface area (Å²) >= 11 is 0. The Kier molecular flexibility index (Phi) is 6.81. The van der Waals surface area contributed by atoms with Crippen LogP contribution in [0.5, 0.6) is 0 Å². The van der Waals surface area contributed by atoms with Crippen LogP contribution in [0.3, 0.4) is 0 Å². The zero-order chi connectivity index (χ0) is 15.8. The van der Waals surface area contributed by atoms with Crippen molar-refractivity contribution in [1.29, 1.82) is 0 Å². The summed E-state index contributed by atoms with van der Waals surface area (Å²) in [5.74, 6) is -1.17. The lowest BCUT2D eigenvalue weighted by Crippen LogP contribution is -2.35. The van der Waals surface area contributed by atoms with Gasteiger partial charge in [0.2, 0.25) is 0 Å². The first-order valence-electron chi connectivity index (χ1n) is 6.60. The van der Waals surface area contributed by atoms with Crippen molar-refractivity contribution in [3.8, 4) is 0 Å². The van der Waals surface area contributed by atoms with Crippen LogP contribution < -0.4 is 0 Å². The molecule has 1 aromatic carbocycles. The average Bonchev–Trinajstić information content (AvgIpc) is 2.49. The zero-order valence-corrected chi connectivity index (χ0v) is 12.5. The highest BCUT2D eigenvalue weighted by atomic mass is 19.1. The van der Waals surface area contributed by atoms with Gasteiger partial charge in [0, 0.05) is 25.8 Å². The van der Waals surface area contributed by atoms with Gasteiger partial charge in [-0.3, -0.25) is 9.59 Å². The molecular formula is C15H20FNO4. The summed E-state index contributed by atoms with van der Waals surface area (Å²) in [6, 6.07) is 4.33. The third kappa shape index (κ3) is 5.15. The molecule has 0 heterocycles. The van der Waals surface area contributed by atoms with Crippen LogP contribution in [0.4, 0.5) is 4.39 Å². The molecule has 0 saturated heterocycles. The number of amides is 1. The van der Waals surface area contributed by atoms with E-state index < -0.39 is 11.8 Å². The standard InChI is InChI=1S/C15H20FNO4/c1-11-4-5-12(10-13(11)16)15(19)17(8-9-20-2)7-6-14(18)21-3/h4-5,10H,6-9H2,1-3H3. The number of carbonyl (C=O) groups excluding carboxylic acids is 2. The molecule has 0 bridgehead atoms. The summed E-state index contributed by atoms with van der Waals surface area (Å²) in [4.78, 5) is 25.0. The molecule has 0 aromatic heterocycles. The summed E-state index contributed by atoms with van der Waals surface area (Å²) < 4.78 is 23.1. The lowest BCUT2D eigenvalue weighted by atomic mass is 10.1. The van der Waals surface area contributed by atoms with Gasteiger partial charge in [-0.2, -0.15) is 0 Å². The number of halogens is 1. The molecule has 5 nitrogen and oxygen atoms in total. The van der Waals surface area contributed by atoms with Crippen LogP contribution in [0.2, 0.25) is 0 Å². The number of benzene rings is 1. The van der Waals surface area contributed by atoms with E-state index in [4.69, 9.17) is 4.74 Å². The molecule has 1 amide bonds. The van der Waals surface area contributed by atoms with Crippen LogP contribution >= 0.6 is 0 Å². The van der Waals surface area contributed by atoms with Crippen LogP contribution in [-0.4, -0.2) is 50.7 Å². The molecule has 0 radical (unpaired) electrons. The van der Waals surface area contributed by atoms with Crippen molar-refractivity contribution in [3.63, 3.8) is 0 Å². The second kappa shape index (κ2) is 8.36. The molecule has 1 rings (SSSR count). The quantitative estimate of drug-likeness (QED) is 0.720. The lowest BCUT2D eigenvalue weighted by molar-refractivity contribution is -0.140. The molecule has 1 aromatic rings. The maximum absolute atomic E-state index is 13.6. The Hall–Kier alpha value is -1.95. The number of hydrogen-bond acceptors (Lipinski definition) is 4. The summed E-state index contributed by atoms with van der Waals surface area (Å²) in [5.41, 5.74) is 0.726. The van der Waals surface area contributed by atoms with Gasteiger partial charge in [0.25, 0.3) is 5.91 Å². The number of ether oxygens (including phenoxy) is 2. The first-order chi connectivity index (χ1) is 9.99. The summed E-state index contributed by atoms with van der Waals surface area (Å²) in [6.45, 7) is 2.48. The second-order valence-electron chi connectivity index (χ2n) is 4.58. The molecule has 21 heavy (non-hydrogen) atoms. The molecule has 0 atom stereocenters. The van der Waals surface area contributed by atoms with Crippen LogP contribution in [0.1, 0.15) is 22.3 Å². The number of rotatable bonds is 7. The monoisotopic (exact) mass is 297 g/mol. The van der Waals surface area contributed by atoms with Crippen molar-refractivity contribution >= 4 is 11.9 Å². The van der Waals surface area contributed by atoms with Gasteiger partial charge < -0.3 is 14.4 Å². The van der Waals surface area contributed by atoms with Crippen LogP contribution in [0.25, 0.3) is 0 Å². The lowest BCUT2D eigenvalue weighted by Gasteiger charge is -2.22. The molecule has 0 fully saturated rings. The van der Waals surface area contributed by atoms with Gasteiger partial charge in [0.15, 0.2) is 0 Å². The normalized spacial score (nSPS) is 10.3. The predicted octanol–water partition coefficient (Wildman–Crippen LogP) is 1.79. The van der Waals surface area contributed by atoms with Gasteiger partial charge in [-0.15, -0.1) is 0 Å². The van der Waals surface area contributed by atoms with E-state index in [0.717, 1.165) is 0 Å². The van der Waals surface area contributed by atoms with Crippen LogP contribution in [0, 0.1) is 12.7 Å². The molecule has 0 saturated carbocycles. The summed E-state index contributed by atoms with van der Waals surface area (Å²) in [7, 11) is 2.81. The minimum absolute atomic E-state index is 0.0836. The van der Waals surface area contributed by atoms with E-state index in [0.29, 0.717) is 18.7 Å². The zero-order valence-electron chi connectivity index (χ0n) is 12.5. The Morgan fingerprint density at radius 2 is 1.95 bits per heavy atom. The molecule has 116 valence electrons. The van der Waals surface area contributed by atoms with E-state index in [1.54, 1.807) is 19.1 Å². The fourth-order valence-corrected chi connectivity index (χ4v) is 1.75. The Labute approximate surface area is 123 Å². The van der Waals surface area contributed by atoms with Crippen LogP contribution in [0.15, 0.2) is 18.2 Å². The smallest absolute Gasteiger partial charge is 0.307 e. The van der Waals surface area contributed by atoms with Gasteiger partial charge in [-0.25, -0.2) is 4.39 Å². The average molecular weight is 297 g/mol. The van der Waals surface area contributed by atoms with Gasteiger partial charge in [0.05, 0.1) is 20.1 Å². The van der Waals surface area contributed by atoms with Crippen molar-refractivity contribution in [2.24, 2.45) is 0 Å². The third-order valence-electron chi connectivity index (χ3n) is 3.08. The Morgan fingerprint density at radius 3 is 2.52 bits per heavy atom. The topological polar surface area (TPSA) is 55.8 Å². The van der Waals surface area contributed by atoms with Gasteiger partial charge >= 0.3 is 5.97 Å². The predicted molar refractivity (Wildman–Crippen MR) is 75.5 cm³/mol. The van der Waals surface area contributed by atoms with E-state index in [2.05, 4.69) is 4.74 Å². The fourth-order valence-electron chi connectivity index (χ4n) is 1.75. The SMILES string of the molecule is COCCN(CCC(=O)OC)C(=O)c1ccc(C)c(F)c1. The number of carbonyl (C=O) groups is 2. The van der Waals surface area contributed by atoms with E-state index >= 15 is 0 Å². The van der Waals surface area contributed by atoms with E-state index in [1.165, 1.54) is 25.2 Å². The largest absolute Gasteiger partial charge is 0.469 e. The highest BCUT2D eigenvalue weighted by molar-refractivity contribution is 5.94. The van der Waals surface area contributed by atoms with Crippen molar-refractivity contribution in [3.05, 3.63) is 35.1 Å². The Bertz CT molecular complexity index is 504. The molecule has 0 aliphatic heterocycles. The number of hydrogen-bond donors (Lipinski definition) is 0. The molecule has 0 aliphatic rings. The first-order valence-corrected chi connectivity index (χ1v) is 6.60. The minimum atomic E-state index is -0.430.